The van der Waals surface area contributed by atoms with Crippen molar-refractivity contribution < 1.29 is 14.3 Å². The number of hydrogen-bond acceptors (Lipinski definition) is 3. The third-order valence-electron chi connectivity index (χ3n) is 12.5. The highest BCUT2D eigenvalue weighted by molar-refractivity contribution is 5.83. The topological polar surface area (TPSA) is 35.5 Å². The van der Waals surface area contributed by atoms with Gasteiger partial charge in [-0.3, -0.25) is 4.79 Å². The first kappa shape index (κ1) is 14.4. The van der Waals surface area contributed by atoms with Crippen LogP contribution in [0.1, 0.15) is 39.0 Å². The summed E-state index contributed by atoms with van der Waals surface area (Å²) in [5.41, 5.74) is -0.300. The molecule has 0 radical (unpaired) electrons. The van der Waals surface area contributed by atoms with Crippen LogP contribution in [-0.4, -0.2) is 25.8 Å². The molecule has 0 saturated heterocycles. The normalized spacial score (nSPS) is 74.3. The smallest absolute Gasteiger partial charge is 0.315 e. The zero-order chi connectivity index (χ0) is 17.4. The molecule has 0 unspecified atom stereocenters. The van der Waals surface area contributed by atoms with Crippen LogP contribution in [0.2, 0.25) is 0 Å². The quantitative estimate of drug-likeness (QED) is 0.713. The Morgan fingerprint density at radius 3 is 2.27 bits per heavy atom. The molecule has 9 fully saturated rings. The number of hydrogen-bond donors (Lipinski definition) is 0. The van der Waals surface area contributed by atoms with Crippen LogP contribution in [0.15, 0.2) is 0 Å². The van der Waals surface area contributed by atoms with Gasteiger partial charge in [-0.25, -0.2) is 0 Å². The minimum Gasteiger partial charge on any atom is -0.468 e. The van der Waals surface area contributed by atoms with E-state index >= 15 is 0 Å². The van der Waals surface area contributed by atoms with Crippen molar-refractivity contribution >= 4 is 5.97 Å². The molecule has 9 bridgehead atoms. The van der Waals surface area contributed by atoms with Gasteiger partial charge < -0.3 is 9.47 Å². The fourth-order valence-electron chi connectivity index (χ4n) is 13.5. The third-order valence-corrected chi connectivity index (χ3v) is 12.5. The van der Waals surface area contributed by atoms with Crippen LogP contribution < -0.4 is 0 Å². The van der Waals surface area contributed by atoms with Gasteiger partial charge in [-0.1, -0.05) is 13.3 Å². The van der Waals surface area contributed by atoms with Crippen LogP contribution in [0.3, 0.4) is 0 Å². The molecular formula is C23H30O3. The molecule has 0 aliphatic heterocycles. The summed E-state index contributed by atoms with van der Waals surface area (Å²) in [4.78, 5) is 13.8. The highest BCUT2D eigenvalue weighted by Gasteiger charge is 3.01. The first-order valence-electron chi connectivity index (χ1n) is 11.3. The molecule has 0 aromatic heterocycles. The van der Waals surface area contributed by atoms with Gasteiger partial charge in [-0.05, 0) is 90.8 Å². The summed E-state index contributed by atoms with van der Waals surface area (Å²) in [6, 6.07) is 0. The molecule has 9 saturated carbocycles. The summed E-state index contributed by atoms with van der Waals surface area (Å²) in [5, 5.41) is 0. The zero-order valence-electron chi connectivity index (χ0n) is 16.1. The van der Waals surface area contributed by atoms with Crippen LogP contribution in [0, 0.1) is 75.9 Å². The van der Waals surface area contributed by atoms with Crippen molar-refractivity contribution in [3.8, 4) is 0 Å². The minimum absolute atomic E-state index is 0.134. The second kappa shape index (κ2) is 3.67. The van der Waals surface area contributed by atoms with E-state index in [0.29, 0.717) is 17.8 Å². The van der Waals surface area contributed by atoms with E-state index in [1.54, 1.807) is 7.11 Å². The van der Waals surface area contributed by atoms with Crippen molar-refractivity contribution in [3.05, 3.63) is 0 Å². The number of carbonyl (C=O) groups is 1. The van der Waals surface area contributed by atoms with Crippen molar-refractivity contribution in [3.63, 3.8) is 0 Å². The lowest BCUT2D eigenvalue weighted by atomic mass is 9.42. The Bertz CT molecular complexity index is 777. The second-order valence-electron chi connectivity index (χ2n) is 11.5. The molecular weight excluding hydrogens is 324 g/mol. The molecule has 26 heavy (non-hydrogen) atoms. The molecule has 0 aromatic carbocycles. The average molecular weight is 354 g/mol. The monoisotopic (exact) mass is 354 g/mol. The highest BCUT2D eigenvalue weighted by atomic mass is 16.5. The van der Waals surface area contributed by atoms with Gasteiger partial charge in [0.2, 0.25) is 0 Å². The Morgan fingerprint density at radius 2 is 1.54 bits per heavy atom. The SMILES string of the molecule is COC(=O)[C@@]12[C@@H]3[C@H]4CC[C@@H]5[C@@H]4[C@@H]4[C@@H]3[C@@H]3[C@H]([C@H]6CCC[C@H]6[C@@H]31)[C@]4(C)[C@@]52OC. The summed E-state index contributed by atoms with van der Waals surface area (Å²) < 4.78 is 12.5. The molecule has 0 aromatic rings. The number of rotatable bonds is 2. The predicted octanol–water partition coefficient (Wildman–Crippen LogP) is 3.37. The van der Waals surface area contributed by atoms with Crippen LogP contribution in [0.5, 0.6) is 0 Å². The number of esters is 1. The van der Waals surface area contributed by atoms with Crippen molar-refractivity contribution in [2.75, 3.05) is 14.2 Å². The van der Waals surface area contributed by atoms with Crippen molar-refractivity contribution in [1.29, 1.82) is 0 Å². The van der Waals surface area contributed by atoms with Gasteiger partial charge in [0.1, 0.15) is 5.41 Å². The highest BCUT2D eigenvalue weighted by Crippen LogP contribution is 2.99. The molecule has 0 spiro atoms. The molecule has 140 valence electrons. The summed E-state index contributed by atoms with van der Waals surface area (Å²) in [6.45, 7) is 2.60. The van der Waals surface area contributed by atoms with E-state index in [9.17, 15) is 4.79 Å². The predicted molar refractivity (Wildman–Crippen MR) is 93.8 cm³/mol. The lowest BCUT2D eigenvalue weighted by Crippen LogP contribution is -2.73. The van der Waals surface area contributed by atoms with E-state index in [1.807, 2.05) is 7.11 Å². The van der Waals surface area contributed by atoms with Gasteiger partial charge in [0, 0.05) is 12.5 Å². The van der Waals surface area contributed by atoms with Gasteiger partial charge in [0.15, 0.2) is 0 Å². The summed E-state index contributed by atoms with van der Waals surface area (Å²) >= 11 is 0. The van der Waals surface area contributed by atoms with E-state index in [4.69, 9.17) is 9.47 Å². The summed E-state index contributed by atoms with van der Waals surface area (Å²) in [5.74, 6) is 8.56. The van der Waals surface area contributed by atoms with E-state index in [2.05, 4.69) is 6.92 Å². The van der Waals surface area contributed by atoms with Gasteiger partial charge >= 0.3 is 5.97 Å². The van der Waals surface area contributed by atoms with Crippen molar-refractivity contribution in [2.45, 2.75) is 44.6 Å². The van der Waals surface area contributed by atoms with E-state index in [0.717, 1.165) is 47.3 Å². The molecule has 0 amide bonds. The maximum atomic E-state index is 13.8. The minimum atomic E-state index is -0.309. The molecule has 14 atom stereocenters. The Hall–Kier alpha value is -0.570. The van der Waals surface area contributed by atoms with Crippen molar-refractivity contribution in [1.82, 2.24) is 0 Å². The maximum absolute atomic E-state index is 13.8. The van der Waals surface area contributed by atoms with Crippen LogP contribution in [-0.2, 0) is 14.3 Å². The largest absolute Gasteiger partial charge is 0.468 e. The fraction of sp³-hybridized carbons (Fsp3) is 0.957. The van der Waals surface area contributed by atoms with E-state index in [-0.39, 0.29) is 22.4 Å². The molecule has 9 aliphatic carbocycles. The molecule has 0 N–H and O–H groups in total. The molecule has 3 nitrogen and oxygen atoms in total. The number of fused-ring (bicyclic) bond motifs is 1. The van der Waals surface area contributed by atoms with Gasteiger partial charge in [0.25, 0.3) is 0 Å². The van der Waals surface area contributed by atoms with Crippen molar-refractivity contribution in [2.24, 2.45) is 75.9 Å². The van der Waals surface area contributed by atoms with Crippen LogP contribution >= 0.6 is 0 Å². The van der Waals surface area contributed by atoms with Crippen LogP contribution in [0.4, 0.5) is 0 Å². The Balaban J connectivity index is 1.54. The van der Waals surface area contributed by atoms with E-state index in [1.165, 1.54) is 32.1 Å². The Labute approximate surface area is 155 Å². The molecule has 0 heterocycles. The summed E-state index contributed by atoms with van der Waals surface area (Å²) in [6.07, 6.45) is 6.82. The average Bonchev–Trinajstić information content (AvgIpc) is 3.39. The second-order valence-corrected chi connectivity index (χ2v) is 11.5. The lowest BCUT2D eigenvalue weighted by Gasteiger charge is -2.64. The lowest BCUT2D eigenvalue weighted by molar-refractivity contribution is -0.273. The zero-order valence-corrected chi connectivity index (χ0v) is 16.1. The first-order valence-corrected chi connectivity index (χ1v) is 11.3. The number of carbonyl (C=O) groups excluding carboxylic acids is 1. The molecule has 3 heteroatoms. The third kappa shape index (κ3) is 0.855. The van der Waals surface area contributed by atoms with Gasteiger partial charge in [-0.15, -0.1) is 0 Å². The number of ether oxygens (including phenoxy) is 2. The first-order chi connectivity index (χ1) is 12.6. The van der Waals surface area contributed by atoms with Crippen LogP contribution in [0.25, 0.3) is 0 Å². The maximum Gasteiger partial charge on any atom is 0.315 e. The number of methoxy groups -OCH3 is 2. The van der Waals surface area contributed by atoms with Gasteiger partial charge in [0.05, 0.1) is 12.7 Å². The van der Waals surface area contributed by atoms with Gasteiger partial charge in [-0.2, -0.15) is 0 Å². The standard InChI is InChI=1S/C23H30O3/c1-21-16-9-5-4-6-10(9)17-14(16)15-18-11-7-8-12(13(11)19(15)21)23(21,26-3)22(17,18)20(24)25-2/h9-19H,4-8H2,1-3H3/t9-,10+,11-,12+,13+,14+,15+,16-,17-,18+,19+,21-,22-,23-/m0/s1. The fourth-order valence-corrected chi connectivity index (χ4v) is 13.5. The Kier molecular flexibility index (Phi) is 2.04. The summed E-state index contributed by atoms with van der Waals surface area (Å²) in [7, 11) is 3.62. The van der Waals surface area contributed by atoms with E-state index < -0.39 is 0 Å². The molecule has 9 aliphatic rings. The molecule has 9 rings (SSSR count). The Morgan fingerprint density at radius 1 is 0.846 bits per heavy atom.